The molecule has 2 aromatic carbocycles. The summed E-state index contributed by atoms with van der Waals surface area (Å²) in [5.41, 5.74) is 2.65. The Labute approximate surface area is 164 Å². The summed E-state index contributed by atoms with van der Waals surface area (Å²) in [5.74, 6) is 0.109. The first-order valence-corrected chi connectivity index (χ1v) is 9.80. The van der Waals surface area contributed by atoms with E-state index in [4.69, 9.17) is 0 Å². The van der Waals surface area contributed by atoms with Crippen LogP contribution in [0.1, 0.15) is 31.2 Å². The number of hydrogen-bond donors (Lipinski definition) is 2. The number of carbonyl (C=O) groups is 2. The zero-order valence-electron chi connectivity index (χ0n) is 15.9. The topological polar surface area (TPSA) is 72.9 Å². The first-order chi connectivity index (χ1) is 13.7. The number of para-hydroxylation sites is 2. The molecular formula is C22H25N3O3. The Hall–Kier alpha value is -2.86. The number of nitrogens with zero attached hydrogens (tertiary/aromatic N) is 2. The molecule has 1 saturated heterocycles. The summed E-state index contributed by atoms with van der Waals surface area (Å²) in [7, 11) is 0. The average Bonchev–Trinajstić information content (AvgIpc) is 2.69. The largest absolute Gasteiger partial charge is 0.394 e. The molecule has 0 saturated carbocycles. The Morgan fingerprint density at radius 3 is 2.54 bits per heavy atom. The highest BCUT2D eigenvalue weighted by Gasteiger charge is 2.55. The molecule has 0 bridgehead atoms. The second-order valence-electron chi connectivity index (χ2n) is 7.36. The summed E-state index contributed by atoms with van der Waals surface area (Å²) in [4.78, 5) is 29.1. The van der Waals surface area contributed by atoms with E-state index in [-0.39, 0.29) is 36.5 Å². The zero-order valence-corrected chi connectivity index (χ0v) is 15.9. The molecule has 0 spiro atoms. The van der Waals surface area contributed by atoms with Crippen molar-refractivity contribution in [3.63, 3.8) is 0 Å². The van der Waals surface area contributed by atoms with Gasteiger partial charge in [-0.05, 0) is 30.2 Å². The van der Waals surface area contributed by atoms with E-state index in [0.29, 0.717) is 18.7 Å². The molecule has 1 fully saturated rings. The SMILES string of the molecule is CCCC(=O)N1C[C@@H]2[C@H](c3ccccc31)[C@@H](CO)N2C(=O)Nc1ccccc1. The van der Waals surface area contributed by atoms with Gasteiger partial charge in [-0.15, -0.1) is 0 Å². The highest BCUT2D eigenvalue weighted by molar-refractivity contribution is 5.96. The number of carbonyl (C=O) groups excluding carboxylic acids is 2. The fourth-order valence-electron chi connectivity index (χ4n) is 4.46. The van der Waals surface area contributed by atoms with Crippen LogP contribution < -0.4 is 10.2 Å². The molecule has 0 aromatic heterocycles. The van der Waals surface area contributed by atoms with Crippen LogP contribution in [0.3, 0.4) is 0 Å². The minimum atomic E-state index is -0.293. The number of fused-ring (bicyclic) bond motifs is 3. The Balaban J connectivity index is 1.63. The minimum Gasteiger partial charge on any atom is -0.394 e. The van der Waals surface area contributed by atoms with Crippen LogP contribution in [0.4, 0.5) is 16.2 Å². The van der Waals surface area contributed by atoms with Crippen molar-refractivity contribution in [2.75, 3.05) is 23.4 Å². The maximum atomic E-state index is 12.9. The maximum absolute atomic E-state index is 12.9. The lowest BCUT2D eigenvalue weighted by atomic mass is 9.72. The molecule has 6 heteroatoms. The van der Waals surface area contributed by atoms with Crippen LogP contribution >= 0.6 is 0 Å². The third-order valence-corrected chi connectivity index (χ3v) is 5.71. The van der Waals surface area contributed by atoms with Crippen LogP contribution in [0.15, 0.2) is 54.6 Å². The lowest BCUT2D eigenvalue weighted by molar-refractivity contribution is -0.119. The van der Waals surface area contributed by atoms with Gasteiger partial charge in [0.15, 0.2) is 0 Å². The first-order valence-electron chi connectivity index (χ1n) is 9.80. The zero-order chi connectivity index (χ0) is 19.7. The molecule has 0 aliphatic carbocycles. The number of benzene rings is 2. The second-order valence-corrected chi connectivity index (χ2v) is 7.36. The summed E-state index contributed by atoms with van der Waals surface area (Å²) >= 11 is 0. The van der Waals surface area contributed by atoms with Gasteiger partial charge >= 0.3 is 6.03 Å². The highest BCUT2D eigenvalue weighted by atomic mass is 16.3. The standard InChI is InChI=1S/C22H25N3O3/c1-2-8-20(27)24-13-18-21(16-11-6-7-12-17(16)24)19(14-26)25(18)22(28)23-15-9-4-3-5-10-15/h3-7,9-12,18-19,21,26H,2,8,13-14H2,1H3,(H,23,28)/t18-,19-,21+/m1/s1. The third-order valence-electron chi connectivity index (χ3n) is 5.71. The monoisotopic (exact) mass is 379 g/mol. The second kappa shape index (κ2) is 7.64. The van der Waals surface area contributed by atoms with Crippen LogP contribution in [0.5, 0.6) is 0 Å². The van der Waals surface area contributed by atoms with Crippen molar-refractivity contribution in [2.45, 2.75) is 37.8 Å². The number of rotatable bonds is 4. The average molecular weight is 379 g/mol. The summed E-state index contributed by atoms with van der Waals surface area (Å²) in [6, 6.07) is 16.4. The van der Waals surface area contributed by atoms with Gasteiger partial charge in [-0.2, -0.15) is 0 Å². The molecule has 0 radical (unpaired) electrons. The predicted molar refractivity (Wildman–Crippen MR) is 108 cm³/mol. The molecular weight excluding hydrogens is 354 g/mol. The van der Waals surface area contributed by atoms with Gasteiger partial charge in [-0.1, -0.05) is 43.3 Å². The van der Waals surface area contributed by atoms with Crippen molar-refractivity contribution >= 4 is 23.3 Å². The van der Waals surface area contributed by atoms with E-state index in [9.17, 15) is 14.7 Å². The molecule has 3 amide bonds. The minimum absolute atomic E-state index is 0.0356. The number of aliphatic hydroxyl groups excluding tert-OH is 1. The quantitative estimate of drug-likeness (QED) is 0.857. The van der Waals surface area contributed by atoms with Crippen LogP contribution in [0.25, 0.3) is 0 Å². The van der Waals surface area contributed by atoms with Gasteiger partial charge in [0.25, 0.3) is 0 Å². The van der Waals surface area contributed by atoms with Crippen LogP contribution in [0, 0.1) is 0 Å². The number of amides is 3. The molecule has 0 unspecified atom stereocenters. The predicted octanol–water partition coefficient (Wildman–Crippen LogP) is 3.19. The van der Waals surface area contributed by atoms with E-state index in [0.717, 1.165) is 17.7 Å². The Morgan fingerprint density at radius 1 is 1.11 bits per heavy atom. The number of nitrogens with one attached hydrogen (secondary N) is 1. The summed E-state index contributed by atoms with van der Waals surface area (Å²) in [6.07, 6.45) is 1.26. The highest BCUT2D eigenvalue weighted by Crippen LogP contribution is 2.48. The van der Waals surface area contributed by atoms with Crippen molar-refractivity contribution in [3.8, 4) is 0 Å². The molecule has 6 nitrogen and oxygen atoms in total. The van der Waals surface area contributed by atoms with Crippen LogP contribution in [-0.2, 0) is 4.79 Å². The van der Waals surface area contributed by atoms with E-state index >= 15 is 0 Å². The van der Waals surface area contributed by atoms with Crippen molar-refractivity contribution < 1.29 is 14.7 Å². The van der Waals surface area contributed by atoms with Crippen molar-refractivity contribution in [3.05, 3.63) is 60.2 Å². The molecule has 3 atom stereocenters. The van der Waals surface area contributed by atoms with Crippen molar-refractivity contribution in [1.29, 1.82) is 0 Å². The van der Waals surface area contributed by atoms with Gasteiger partial charge in [0.05, 0.1) is 18.7 Å². The smallest absolute Gasteiger partial charge is 0.322 e. The van der Waals surface area contributed by atoms with E-state index in [1.54, 1.807) is 9.80 Å². The number of likely N-dealkylation sites (tertiary alicyclic amines) is 1. The van der Waals surface area contributed by atoms with E-state index < -0.39 is 0 Å². The lowest BCUT2D eigenvalue weighted by Crippen LogP contribution is -2.71. The maximum Gasteiger partial charge on any atom is 0.322 e. The molecule has 2 N–H and O–H groups in total. The van der Waals surface area contributed by atoms with E-state index in [2.05, 4.69) is 5.32 Å². The molecule has 2 aliphatic heterocycles. The van der Waals surface area contributed by atoms with Crippen LogP contribution in [-0.4, -0.2) is 47.2 Å². The Kier molecular flexibility index (Phi) is 5.05. The van der Waals surface area contributed by atoms with Crippen LogP contribution in [0.2, 0.25) is 0 Å². The molecule has 2 aromatic rings. The Bertz CT molecular complexity index is 870. The van der Waals surface area contributed by atoms with Crippen molar-refractivity contribution in [2.24, 2.45) is 0 Å². The van der Waals surface area contributed by atoms with Gasteiger partial charge < -0.3 is 20.2 Å². The van der Waals surface area contributed by atoms with Gasteiger partial charge in [0.2, 0.25) is 5.91 Å². The third kappa shape index (κ3) is 3.03. The van der Waals surface area contributed by atoms with Gasteiger partial charge in [0.1, 0.15) is 0 Å². The first kappa shape index (κ1) is 18.5. The molecule has 2 aliphatic rings. The van der Waals surface area contributed by atoms with Gasteiger partial charge in [-0.25, -0.2) is 4.79 Å². The molecule has 28 heavy (non-hydrogen) atoms. The number of hydrogen-bond acceptors (Lipinski definition) is 3. The van der Waals surface area contributed by atoms with E-state index in [1.807, 2.05) is 61.5 Å². The fraction of sp³-hybridized carbons (Fsp3) is 0.364. The normalized spacial score (nSPS) is 22.7. The van der Waals surface area contributed by atoms with Crippen molar-refractivity contribution in [1.82, 2.24) is 4.90 Å². The lowest BCUT2D eigenvalue weighted by Gasteiger charge is -2.58. The molecule has 2 heterocycles. The van der Waals surface area contributed by atoms with E-state index in [1.165, 1.54) is 0 Å². The van der Waals surface area contributed by atoms with Gasteiger partial charge in [-0.3, -0.25) is 4.79 Å². The number of anilines is 2. The molecule has 146 valence electrons. The summed E-state index contributed by atoms with van der Waals surface area (Å²) < 4.78 is 0. The summed E-state index contributed by atoms with van der Waals surface area (Å²) in [5, 5.41) is 12.9. The van der Waals surface area contributed by atoms with Gasteiger partial charge in [0, 0.05) is 30.3 Å². The molecule has 4 rings (SSSR count). The fourth-order valence-corrected chi connectivity index (χ4v) is 4.46. The number of aliphatic hydroxyl groups is 1. The summed E-state index contributed by atoms with van der Waals surface area (Å²) in [6.45, 7) is 2.33. The number of urea groups is 1. The Morgan fingerprint density at radius 2 is 1.82 bits per heavy atom.